The number of nitrogens with zero attached hydrogens (tertiary/aromatic N) is 3. The molecule has 0 aliphatic carbocycles. The van der Waals surface area contributed by atoms with E-state index in [2.05, 4.69) is 25.9 Å². The maximum atomic E-state index is 13.0. The Hall–Kier alpha value is -3.63. The molecule has 2 aromatic carbocycles. The zero-order valence-corrected chi connectivity index (χ0v) is 16.0. The van der Waals surface area contributed by atoms with Crippen LogP contribution in [0.25, 0.3) is 0 Å². The summed E-state index contributed by atoms with van der Waals surface area (Å²) in [5.41, 5.74) is -0.238. The van der Waals surface area contributed by atoms with Crippen LogP contribution in [0.4, 0.5) is 18.9 Å². The number of alkyl halides is 3. The zero-order valence-electron chi connectivity index (χ0n) is 16.0. The number of hydrogen-bond donors (Lipinski definition) is 2. The van der Waals surface area contributed by atoms with Crippen LogP contribution in [-0.4, -0.2) is 40.8 Å². The highest BCUT2D eigenvalue weighted by atomic mass is 19.4. The highest BCUT2D eigenvalue weighted by Crippen LogP contribution is 2.32. The van der Waals surface area contributed by atoms with E-state index in [9.17, 15) is 18.0 Å². The van der Waals surface area contributed by atoms with Crippen molar-refractivity contribution in [2.75, 3.05) is 19.5 Å². The Kier molecular flexibility index (Phi) is 6.19. The van der Waals surface area contributed by atoms with Gasteiger partial charge in [0.15, 0.2) is 5.82 Å². The number of tetrazole rings is 1. The first-order chi connectivity index (χ1) is 14.3. The summed E-state index contributed by atoms with van der Waals surface area (Å²) in [5, 5.41) is 16.0. The average Bonchev–Trinajstić information content (AvgIpc) is 3.25. The number of hydrogen-bond acceptors (Lipinski definition) is 6. The molecule has 8 nitrogen and oxygen atoms in total. The standard InChI is InChI=1S/C19H18F3N5O3/c1-29-14-6-7-16(30-2)11(8-14)9-15(17-24-26-27-25-17)18(28)23-13-5-3-4-12(10-13)19(20,21)22/h3-8,10,15H,9H2,1-2H3,(H,23,28)(H,24,25,26,27). The lowest BCUT2D eigenvalue weighted by Gasteiger charge is -2.17. The quantitative estimate of drug-likeness (QED) is 0.608. The molecule has 1 unspecified atom stereocenters. The molecule has 0 aliphatic heterocycles. The SMILES string of the molecule is COc1ccc(OC)c(CC(C(=O)Nc2cccc(C(F)(F)F)c2)c2nn[nH]n2)c1. The second kappa shape index (κ2) is 8.80. The number of carbonyl (C=O) groups is 1. The highest BCUT2D eigenvalue weighted by Gasteiger charge is 2.31. The van der Waals surface area contributed by atoms with Crippen molar-refractivity contribution in [3.63, 3.8) is 0 Å². The lowest BCUT2D eigenvalue weighted by molar-refractivity contribution is -0.137. The number of ether oxygens (including phenoxy) is 2. The van der Waals surface area contributed by atoms with E-state index in [0.717, 1.165) is 12.1 Å². The molecule has 0 spiro atoms. The van der Waals surface area contributed by atoms with Crippen LogP contribution in [0.1, 0.15) is 22.9 Å². The Morgan fingerprint density at radius 1 is 1.17 bits per heavy atom. The summed E-state index contributed by atoms with van der Waals surface area (Å²) in [4.78, 5) is 12.9. The number of methoxy groups -OCH3 is 2. The van der Waals surface area contributed by atoms with Gasteiger partial charge in [0.1, 0.15) is 17.4 Å². The van der Waals surface area contributed by atoms with Gasteiger partial charge in [-0.1, -0.05) is 11.3 Å². The molecular formula is C19H18F3N5O3. The Labute approximate surface area is 169 Å². The fourth-order valence-electron chi connectivity index (χ4n) is 2.88. The summed E-state index contributed by atoms with van der Waals surface area (Å²) < 4.78 is 49.4. The van der Waals surface area contributed by atoms with E-state index in [1.807, 2.05) is 0 Å². The third-order valence-electron chi connectivity index (χ3n) is 4.36. The van der Waals surface area contributed by atoms with Gasteiger partial charge in [0.05, 0.1) is 19.8 Å². The van der Waals surface area contributed by atoms with E-state index in [-0.39, 0.29) is 17.9 Å². The van der Waals surface area contributed by atoms with Crippen molar-refractivity contribution in [2.45, 2.75) is 18.5 Å². The number of aromatic amines is 1. The Morgan fingerprint density at radius 3 is 2.60 bits per heavy atom. The summed E-state index contributed by atoms with van der Waals surface area (Å²) in [6.45, 7) is 0. The lowest BCUT2D eigenvalue weighted by Crippen LogP contribution is -2.24. The van der Waals surface area contributed by atoms with Crippen molar-refractivity contribution in [1.82, 2.24) is 20.6 Å². The second-order valence-corrected chi connectivity index (χ2v) is 6.27. The monoisotopic (exact) mass is 421 g/mol. The molecular weight excluding hydrogens is 403 g/mol. The highest BCUT2D eigenvalue weighted by molar-refractivity contribution is 5.95. The van der Waals surface area contributed by atoms with E-state index < -0.39 is 23.6 Å². The van der Waals surface area contributed by atoms with Crippen LogP contribution >= 0.6 is 0 Å². The van der Waals surface area contributed by atoms with Gasteiger partial charge in [-0.3, -0.25) is 4.79 Å². The van der Waals surface area contributed by atoms with Gasteiger partial charge in [0.25, 0.3) is 0 Å². The molecule has 11 heteroatoms. The van der Waals surface area contributed by atoms with Crippen LogP contribution < -0.4 is 14.8 Å². The molecule has 0 fully saturated rings. The number of benzene rings is 2. The second-order valence-electron chi connectivity index (χ2n) is 6.27. The van der Waals surface area contributed by atoms with Gasteiger partial charge < -0.3 is 14.8 Å². The normalized spacial score (nSPS) is 12.3. The molecule has 1 atom stereocenters. The first-order valence-corrected chi connectivity index (χ1v) is 8.74. The van der Waals surface area contributed by atoms with E-state index in [1.54, 1.807) is 18.2 Å². The molecule has 2 N–H and O–H groups in total. The van der Waals surface area contributed by atoms with E-state index in [4.69, 9.17) is 9.47 Å². The molecule has 3 aromatic rings. The summed E-state index contributed by atoms with van der Waals surface area (Å²) >= 11 is 0. The van der Waals surface area contributed by atoms with Crippen LogP contribution in [0.2, 0.25) is 0 Å². The summed E-state index contributed by atoms with van der Waals surface area (Å²) in [6.07, 6.45) is -4.42. The number of aromatic nitrogens is 4. The molecule has 1 aromatic heterocycles. The Balaban J connectivity index is 1.90. The molecule has 158 valence electrons. The average molecular weight is 421 g/mol. The molecule has 1 heterocycles. The van der Waals surface area contributed by atoms with Crippen molar-refractivity contribution in [3.05, 3.63) is 59.4 Å². The molecule has 0 saturated carbocycles. The van der Waals surface area contributed by atoms with Crippen LogP contribution in [0.5, 0.6) is 11.5 Å². The number of H-pyrrole nitrogens is 1. The first kappa shape index (κ1) is 21.1. The lowest BCUT2D eigenvalue weighted by atomic mass is 9.96. The van der Waals surface area contributed by atoms with Gasteiger partial charge in [-0.15, -0.1) is 10.2 Å². The molecule has 0 radical (unpaired) electrons. The number of carbonyl (C=O) groups excluding carboxylic acids is 1. The van der Waals surface area contributed by atoms with E-state index in [1.165, 1.54) is 26.4 Å². The maximum Gasteiger partial charge on any atom is 0.416 e. The molecule has 30 heavy (non-hydrogen) atoms. The summed E-state index contributed by atoms with van der Waals surface area (Å²) in [7, 11) is 2.99. The van der Waals surface area contributed by atoms with Crippen LogP contribution in [-0.2, 0) is 17.4 Å². The van der Waals surface area contributed by atoms with Crippen LogP contribution in [0, 0.1) is 0 Å². The minimum absolute atomic E-state index is 0.000858. The molecule has 3 rings (SSSR count). The molecule has 1 amide bonds. The minimum atomic E-state index is -4.53. The van der Waals surface area contributed by atoms with E-state index >= 15 is 0 Å². The largest absolute Gasteiger partial charge is 0.497 e. The topological polar surface area (TPSA) is 102 Å². The predicted molar refractivity (Wildman–Crippen MR) is 100 cm³/mol. The van der Waals surface area contributed by atoms with Gasteiger partial charge in [0.2, 0.25) is 5.91 Å². The van der Waals surface area contributed by atoms with Gasteiger partial charge >= 0.3 is 6.18 Å². The zero-order chi connectivity index (χ0) is 21.7. The van der Waals surface area contributed by atoms with Crippen molar-refractivity contribution in [2.24, 2.45) is 0 Å². The number of anilines is 1. The predicted octanol–water partition coefficient (Wildman–Crippen LogP) is 3.20. The number of halogens is 3. The summed E-state index contributed by atoms with van der Waals surface area (Å²) in [5.74, 6) is -0.392. The fraction of sp³-hybridized carbons (Fsp3) is 0.263. The number of nitrogens with one attached hydrogen (secondary N) is 2. The van der Waals surface area contributed by atoms with Crippen molar-refractivity contribution in [3.8, 4) is 11.5 Å². The van der Waals surface area contributed by atoms with E-state index in [0.29, 0.717) is 17.1 Å². The third-order valence-corrected chi connectivity index (χ3v) is 4.36. The van der Waals surface area contributed by atoms with Crippen molar-refractivity contribution >= 4 is 11.6 Å². The summed E-state index contributed by atoms with van der Waals surface area (Å²) in [6, 6.07) is 9.45. The van der Waals surface area contributed by atoms with Crippen LogP contribution in [0.3, 0.4) is 0 Å². The molecule has 0 bridgehead atoms. The molecule has 0 saturated heterocycles. The Morgan fingerprint density at radius 2 is 1.97 bits per heavy atom. The van der Waals surface area contributed by atoms with Gasteiger partial charge in [0, 0.05) is 5.69 Å². The number of rotatable bonds is 7. The Bertz CT molecular complexity index is 1010. The van der Waals surface area contributed by atoms with Gasteiger partial charge in [-0.25, -0.2) is 0 Å². The number of amides is 1. The fourth-order valence-corrected chi connectivity index (χ4v) is 2.88. The minimum Gasteiger partial charge on any atom is -0.497 e. The first-order valence-electron chi connectivity index (χ1n) is 8.74. The van der Waals surface area contributed by atoms with Crippen molar-refractivity contribution < 1.29 is 27.4 Å². The van der Waals surface area contributed by atoms with Crippen molar-refractivity contribution in [1.29, 1.82) is 0 Å². The third kappa shape index (κ3) is 4.85. The van der Waals surface area contributed by atoms with Gasteiger partial charge in [-0.2, -0.15) is 18.4 Å². The smallest absolute Gasteiger partial charge is 0.416 e. The maximum absolute atomic E-state index is 13.0. The van der Waals surface area contributed by atoms with Gasteiger partial charge in [-0.05, 0) is 48.4 Å². The molecule has 0 aliphatic rings. The van der Waals surface area contributed by atoms with Crippen LogP contribution in [0.15, 0.2) is 42.5 Å².